The maximum Gasteiger partial charge on any atom is 0.260 e. The van der Waals surface area contributed by atoms with Gasteiger partial charge in [-0.1, -0.05) is 26.0 Å². The lowest BCUT2D eigenvalue weighted by Gasteiger charge is -2.24. The molecule has 1 aliphatic carbocycles. The maximum atomic E-state index is 14.2. The molecule has 0 unspecified atom stereocenters. The van der Waals surface area contributed by atoms with E-state index in [1.54, 1.807) is 73.2 Å². The van der Waals surface area contributed by atoms with Crippen LogP contribution in [-0.2, 0) is 66.7 Å². The smallest absolute Gasteiger partial charge is 0.260 e. The Balaban J connectivity index is 0.625. The van der Waals surface area contributed by atoms with Gasteiger partial charge in [0.25, 0.3) is 23.6 Å². The van der Waals surface area contributed by atoms with Crippen molar-refractivity contribution in [1.82, 2.24) is 30.7 Å². The van der Waals surface area contributed by atoms with Crippen LogP contribution >= 0.6 is 0 Å². The first kappa shape index (κ1) is 78.8. The molecule has 4 heterocycles. The third-order valence-corrected chi connectivity index (χ3v) is 17.0. The maximum absolute atomic E-state index is 14.2. The van der Waals surface area contributed by atoms with Gasteiger partial charge in [-0.3, -0.25) is 53.2 Å². The Bertz CT molecular complexity index is 3470. The van der Waals surface area contributed by atoms with E-state index in [0.717, 1.165) is 22.5 Å². The van der Waals surface area contributed by atoms with E-state index in [-0.39, 0.29) is 87.4 Å². The van der Waals surface area contributed by atoms with Crippen LogP contribution in [0.2, 0.25) is 0 Å². The molecule has 554 valence electrons. The number of benzene rings is 3. The molecule has 4 N–H and O–H groups in total. The van der Waals surface area contributed by atoms with Crippen molar-refractivity contribution >= 4 is 82.8 Å². The minimum absolute atomic E-state index is 0.0133. The second kappa shape index (κ2) is 41.2. The number of methoxy groups -OCH3 is 2. The largest absolute Gasteiger partial charge is 0.493 e. The van der Waals surface area contributed by atoms with E-state index in [0.29, 0.717) is 169 Å². The summed E-state index contributed by atoms with van der Waals surface area (Å²) in [6, 6.07) is 11.7. The number of carbonyl (C=O) groups excluding carboxylic acids is 8. The summed E-state index contributed by atoms with van der Waals surface area (Å²) in [5.41, 5.74) is 5.11. The zero-order chi connectivity index (χ0) is 72.8. The second-order valence-corrected chi connectivity index (χ2v) is 24.9. The molecule has 0 bridgehead atoms. The molecule has 102 heavy (non-hydrogen) atoms. The average molecular weight is 1420 g/mol. The van der Waals surface area contributed by atoms with Crippen LogP contribution in [0.15, 0.2) is 88.6 Å². The number of aliphatic imine (C=N–C) groups is 2. The molecule has 4 atom stereocenters. The fourth-order valence-corrected chi connectivity index (χ4v) is 11.2. The first-order valence-corrected chi connectivity index (χ1v) is 34.7. The van der Waals surface area contributed by atoms with Crippen LogP contribution in [0.1, 0.15) is 98.9 Å². The van der Waals surface area contributed by atoms with E-state index in [1.165, 1.54) is 44.8 Å². The van der Waals surface area contributed by atoms with Gasteiger partial charge in [0.1, 0.15) is 12.1 Å². The molecule has 0 spiro atoms. The Morgan fingerprint density at radius 3 is 1.75 bits per heavy atom. The van der Waals surface area contributed by atoms with E-state index in [1.807, 2.05) is 31.5 Å². The van der Waals surface area contributed by atoms with Gasteiger partial charge >= 0.3 is 0 Å². The number of hydrogen-bond donors (Lipinski definition) is 4. The Morgan fingerprint density at radius 1 is 0.627 bits per heavy atom. The van der Waals surface area contributed by atoms with Crippen molar-refractivity contribution in [3.05, 3.63) is 95.3 Å². The van der Waals surface area contributed by atoms with Crippen molar-refractivity contribution in [2.45, 2.75) is 96.8 Å². The number of rotatable bonds is 48. The molecule has 0 aromatic heterocycles. The lowest BCUT2D eigenvalue weighted by atomic mass is 10.0. The van der Waals surface area contributed by atoms with Crippen LogP contribution in [0.4, 0.5) is 17.1 Å². The van der Waals surface area contributed by atoms with Crippen LogP contribution in [0.5, 0.6) is 23.0 Å². The zero-order valence-corrected chi connectivity index (χ0v) is 59.2. The van der Waals surface area contributed by atoms with Crippen molar-refractivity contribution in [3.8, 4) is 23.0 Å². The third-order valence-electron chi connectivity index (χ3n) is 17.0. The van der Waals surface area contributed by atoms with E-state index in [2.05, 4.69) is 33.0 Å². The number of amides is 8. The highest BCUT2D eigenvalue weighted by Crippen LogP contribution is 2.44. The van der Waals surface area contributed by atoms with Crippen molar-refractivity contribution in [2.75, 3.05) is 152 Å². The fourth-order valence-electron chi connectivity index (χ4n) is 11.2. The van der Waals surface area contributed by atoms with Crippen LogP contribution in [0.25, 0.3) is 5.57 Å². The predicted octanol–water partition coefficient (Wildman–Crippen LogP) is 5.92. The summed E-state index contributed by atoms with van der Waals surface area (Å²) >= 11 is 0. The highest BCUT2D eigenvalue weighted by atomic mass is 16.6. The van der Waals surface area contributed by atoms with Gasteiger partial charge in [0, 0.05) is 93.4 Å². The Labute approximate surface area is 594 Å². The summed E-state index contributed by atoms with van der Waals surface area (Å²) in [7, 11) is 3.03. The number of anilines is 1. The number of carbonyl (C=O) groups is 8. The summed E-state index contributed by atoms with van der Waals surface area (Å²) in [6.07, 6.45) is 12.1. The minimum Gasteiger partial charge on any atom is -0.493 e. The second-order valence-electron chi connectivity index (χ2n) is 24.9. The summed E-state index contributed by atoms with van der Waals surface area (Å²) in [5.74, 6) is -0.989. The summed E-state index contributed by atoms with van der Waals surface area (Å²) in [6.45, 7) is 17.4. The first-order chi connectivity index (χ1) is 49.5. The molecule has 5 aliphatic rings. The highest BCUT2D eigenvalue weighted by molar-refractivity contribution is 6.13. The quantitative estimate of drug-likeness (QED) is 0.0289. The molecule has 29 nitrogen and oxygen atoms in total. The van der Waals surface area contributed by atoms with Gasteiger partial charge in [0.2, 0.25) is 23.6 Å². The Kier molecular flexibility index (Phi) is 31.8. The van der Waals surface area contributed by atoms with Crippen molar-refractivity contribution in [2.24, 2.45) is 21.8 Å². The van der Waals surface area contributed by atoms with Crippen LogP contribution in [-0.4, -0.2) is 245 Å². The molecular formula is C73H97N9O20. The molecule has 0 saturated heterocycles. The minimum atomic E-state index is -0.941. The number of nitrogens with zero attached hydrogens (tertiary/aromatic N) is 5. The predicted molar refractivity (Wildman–Crippen MR) is 377 cm³/mol. The SMILES string of the molecule is C=Nc1cc(OCCCOc2cc3c(cc2OC)C(=O)N2C=C(c4ccc(NC(=O)[C@H](C)NC(=O)[C@@H](NC(=O)CCOCCOCCOCCOCCOCCOCCOCCOCCNC(=O)CCN5C(=O)C=CC5=O)C(C)C)cc4)C[C@H]2C=N3)c(OC)cc1C(=O)N1C=C(C2CC2)C[C@H]1C. The van der Waals surface area contributed by atoms with Crippen molar-refractivity contribution < 1.29 is 95.2 Å². The topological polar surface area (TPSA) is 330 Å². The number of nitrogens with one attached hydrogen (secondary N) is 4. The monoisotopic (exact) mass is 1420 g/mol. The van der Waals surface area contributed by atoms with Crippen molar-refractivity contribution in [3.63, 3.8) is 0 Å². The van der Waals surface area contributed by atoms with E-state index < -0.39 is 35.7 Å². The molecule has 1 fully saturated rings. The number of ether oxygens (including phenoxy) is 12. The summed E-state index contributed by atoms with van der Waals surface area (Å²) < 4.78 is 67.7. The number of imide groups is 1. The zero-order valence-electron chi connectivity index (χ0n) is 59.2. The van der Waals surface area contributed by atoms with Gasteiger partial charge in [-0.15, -0.1) is 0 Å². The molecule has 3 aromatic carbocycles. The Morgan fingerprint density at radius 2 is 1.19 bits per heavy atom. The Hall–Kier alpha value is -8.94. The van der Waals surface area contributed by atoms with E-state index in [4.69, 9.17) is 61.8 Å². The molecule has 8 rings (SSSR count). The highest BCUT2D eigenvalue weighted by Gasteiger charge is 2.37. The number of hydrogen-bond acceptors (Lipinski definition) is 22. The summed E-state index contributed by atoms with van der Waals surface area (Å²) in [5, 5.41) is 11.0. The normalized spacial score (nSPS) is 16.7. The standard InChI is InChI=1S/C73H97N9O20/c1-48(2)69(79-66(84)18-23-93-25-27-95-29-31-97-33-35-99-37-38-100-36-34-98-32-30-96-28-26-94-24-19-75-65(83)17-20-80-67(85)15-16-68(80)86)71(88)77-50(4)70(87)78-55-13-11-52(12-14-55)54-40-56-45-76-60-44-64(62(92-7)42-58(60)73(90)82(56)47-54)102-22-8-21-101-63-43-59(74-5)57(41-61(63)91-6)72(89)81-46-53(39-49(81)3)51-9-10-51/h11-16,41-51,56,69H,5,8-10,17-40H2,1-4,6-7H3,(H,75,83)(H,77,88)(H,78,87)(H,79,84)/t49-,50+,56+,69+/m1/s1. The van der Waals surface area contributed by atoms with Gasteiger partial charge in [0.15, 0.2) is 23.0 Å². The third kappa shape index (κ3) is 24.1. The van der Waals surface area contributed by atoms with Gasteiger partial charge in [0.05, 0.1) is 162 Å². The molecule has 8 amide bonds. The lowest BCUT2D eigenvalue weighted by molar-refractivity contribution is -0.137. The molecule has 29 heteroatoms. The van der Waals surface area contributed by atoms with Gasteiger partial charge < -0.3 is 87.9 Å². The van der Waals surface area contributed by atoms with E-state index >= 15 is 0 Å². The molecular weight excluding hydrogens is 1320 g/mol. The van der Waals surface area contributed by atoms with Gasteiger partial charge in [-0.05, 0) is 92.6 Å². The number of fused-ring (bicyclic) bond motifs is 2. The molecule has 3 aromatic rings. The molecule has 4 aliphatic heterocycles. The molecule has 1 saturated carbocycles. The summed E-state index contributed by atoms with van der Waals surface area (Å²) in [4.78, 5) is 116. The van der Waals surface area contributed by atoms with Gasteiger partial charge in [-0.2, -0.15) is 0 Å². The van der Waals surface area contributed by atoms with Crippen LogP contribution < -0.4 is 40.2 Å². The van der Waals surface area contributed by atoms with Crippen molar-refractivity contribution in [1.29, 1.82) is 0 Å². The van der Waals surface area contributed by atoms with E-state index in [9.17, 15) is 38.4 Å². The first-order valence-electron chi connectivity index (χ1n) is 34.7. The van der Waals surface area contributed by atoms with Crippen LogP contribution in [0, 0.1) is 11.8 Å². The van der Waals surface area contributed by atoms with Crippen LogP contribution in [0.3, 0.4) is 0 Å². The lowest BCUT2D eigenvalue weighted by Crippen LogP contribution is -2.53. The van der Waals surface area contributed by atoms with Gasteiger partial charge in [-0.25, -0.2) is 0 Å². The average Bonchev–Trinajstić information content (AvgIpc) is 1.60. The molecule has 0 radical (unpaired) electrons. The fraction of sp³-hybridized carbons (Fsp3) is 0.534.